The molecule has 3 amide bonds. The Balaban J connectivity index is 1.61. The van der Waals surface area contributed by atoms with Crippen molar-refractivity contribution >= 4 is 23.4 Å². The number of fused-ring (bicyclic) bond motifs is 1. The molecule has 1 saturated heterocycles. The van der Waals surface area contributed by atoms with Crippen LogP contribution < -0.4 is 15.8 Å². The average Bonchev–Trinajstić information content (AvgIpc) is 3.16. The average molecular weight is 542 g/mol. The molecule has 1 fully saturated rings. The lowest BCUT2D eigenvalue weighted by molar-refractivity contribution is -0.144. The molecule has 0 spiro atoms. The van der Waals surface area contributed by atoms with E-state index in [-0.39, 0.29) is 32.5 Å². The van der Waals surface area contributed by atoms with Gasteiger partial charge in [-0.25, -0.2) is 13.8 Å². The van der Waals surface area contributed by atoms with Crippen LogP contribution in [-0.4, -0.2) is 77.6 Å². The molecule has 39 heavy (non-hydrogen) atoms. The number of alkyl halides is 2. The Labute approximate surface area is 226 Å². The van der Waals surface area contributed by atoms with Crippen molar-refractivity contribution in [2.75, 3.05) is 26.2 Å². The van der Waals surface area contributed by atoms with Crippen molar-refractivity contribution in [3.05, 3.63) is 66.2 Å². The smallest absolute Gasteiger partial charge is 0.258 e. The Morgan fingerprint density at radius 1 is 1.13 bits per heavy atom. The number of nitrogens with one attached hydrogen (secondary N) is 1. The second-order valence-electron chi connectivity index (χ2n) is 10.5. The summed E-state index contributed by atoms with van der Waals surface area (Å²) in [6, 6.07) is 16.9. The lowest BCUT2D eigenvalue weighted by atomic mass is 9.73. The van der Waals surface area contributed by atoms with Gasteiger partial charge in [-0.3, -0.25) is 14.4 Å². The van der Waals surface area contributed by atoms with E-state index in [1.807, 2.05) is 36.4 Å². The number of rotatable bonds is 10. The van der Waals surface area contributed by atoms with Crippen LogP contribution in [0.25, 0.3) is 0 Å². The highest BCUT2D eigenvalue weighted by molar-refractivity contribution is 6.14. The number of nitrogens with zero attached hydrogens (tertiary/aromatic N) is 3. The van der Waals surface area contributed by atoms with Gasteiger partial charge in [-0.1, -0.05) is 48.5 Å². The molecule has 9 nitrogen and oxygen atoms in total. The molecular formula is C28H33F2N5O4. The van der Waals surface area contributed by atoms with Crippen LogP contribution in [0.4, 0.5) is 8.78 Å². The van der Waals surface area contributed by atoms with E-state index in [0.29, 0.717) is 11.5 Å². The van der Waals surface area contributed by atoms with Gasteiger partial charge in [0.15, 0.2) is 0 Å². The van der Waals surface area contributed by atoms with E-state index in [2.05, 4.69) is 10.4 Å². The zero-order chi connectivity index (χ0) is 28.2. The van der Waals surface area contributed by atoms with Gasteiger partial charge in [-0.15, -0.1) is 0 Å². The number of likely N-dealkylation sites (tertiary alicyclic amines) is 1. The first kappa shape index (κ1) is 28.2. The summed E-state index contributed by atoms with van der Waals surface area (Å²) in [5, 5.41) is 7.78. The van der Waals surface area contributed by atoms with Crippen molar-refractivity contribution in [2.45, 2.75) is 44.7 Å². The molecule has 2 heterocycles. The molecule has 0 aromatic heterocycles. The third kappa shape index (κ3) is 6.42. The number of hydrogen-bond donors (Lipinski definition) is 2. The second kappa shape index (κ2) is 11.5. The second-order valence-corrected chi connectivity index (χ2v) is 10.5. The first-order valence-electron chi connectivity index (χ1n) is 12.8. The summed E-state index contributed by atoms with van der Waals surface area (Å²) in [5.74, 6) is -1.06. The van der Waals surface area contributed by atoms with Crippen molar-refractivity contribution in [1.82, 2.24) is 15.2 Å². The quantitative estimate of drug-likeness (QED) is 0.478. The van der Waals surface area contributed by atoms with E-state index in [0.717, 1.165) is 10.6 Å². The lowest BCUT2D eigenvalue weighted by Gasteiger charge is -2.41. The molecule has 0 saturated carbocycles. The number of para-hydroxylation sites is 1. The monoisotopic (exact) mass is 541 g/mol. The number of benzene rings is 2. The topological polar surface area (TPSA) is 117 Å². The molecule has 4 rings (SSSR count). The summed E-state index contributed by atoms with van der Waals surface area (Å²) in [6.45, 7) is 2.20. The van der Waals surface area contributed by atoms with Gasteiger partial charge in [-0.05, 0) is 38.0 Å². The van der Waals surface area contributed by atoms with Crippen LogP contribution in [0.5, 0.6) is 5.75 Å². The van der Waals surface area contributed by atoms with E-state index in [4.69, 9.17) is 10.5 Å². The summed E-state index contributed by atoms with van der Waals surface area (Å²) in [6.07, 6.45) is -2.33. The van der Waals surface area contributed by atoms with Gasteiger partial charge < -0.3 is 20.7 Å². The number of piperidine rings is 1. The van der Waals surface area contributed by atoms with Crippen molar-refractivity contribution in [3.8, 4) is 5.75 Å². The number of carbonyl (C=O) groups is 3. The molecule has 0 radical (unpaired) electrons. The first-order chi connectivity index (χ1) is 18.5. The maximum Gasteiger partial charge on any atom is 0.258 e. The SMILES string of the molecule is CC(C)(N)C(=O)NC(COc1ccccc1)C(=O)N1CCC2=NN(CC(F)F)C(=O)C2(Cc2ccccc2)C1. The highest BCUT2D eigenvalue weighted by Crippen LogP contribution is 2.39. The molecular weight excluding hydrogens is 508 g/mol. The van der Waals surface area contributed by atoms with E-state index in [9.17, 15) is 23.2 Å². The van der Waals surface area contributed by atoms with E-state index >= 15 is 0 Å². The fraction of sp³-hybridized carbons (Fsp3) is 0.429. The number of carbonyl (C=O) groups excluding carboxylic acids is 3. The fourth-order valence-electron chi connectivity index (χ4n) is 4.81. The highest BCUT2D eigenvalue weighted by Gasteiger charge is 2.55. The van der Waals surface area contributed by atoms with Crippen LogP contribution in [0.3, 0.4) is 0 Å². The summed E-state index contributed by atoms with van der Waals surface area (Å²) < 4.78 is 32.3. The number of halogens is 2. The maximum atomic E-state index is 13.8. The molecule has 2 aliphatic heterocycles. The molecule has 0 aliphatic carbocycles. The molecule has 2 atom stereocenters. The number of hydrogen-bond acceptors (Lipinski definition) is 6. The molecule has 0 bridgehead atoms. The number of ether oxygens (including phenoxy) is 1. The van der Waals surface area contributed by atoms with Gasteiger partial charge in [-0.2, -0.15) is 5.10 Å². The van der Waals surface area contributed by atoms with Crippen LogP contribution >= 0.6 is 0 Å². The summed E-state index contributed by atoms with van der Waals surface area (Å²) in [7, 11) is 0. The fourth-order valence-corrected chi connectivity index (χ4v) is 4.81. The zero-order valence-electron chi connectivity index (χ0n) is 22.0. The summed E-state index contributed by atoms with van der Waals surface area (Å²) in [4.78, 5) is 41.7. The van der Waals surface area contributed by atoms with Crippen LogP contribution in [0.1, 0.15) is 25.8 Å². The Bertz CT molecular complexity index is 1220. The summed E-state index contributed by atoms with van der Waals surface area (Å²) in [5.41, 5.74) is 4.71. The third-order valence-electron chi connectivity index (χ3n) is 6.84. The standard InChI is InChI=1S/C28H33F2N5O4/c1-27(2,31)25(37)32-21(17-39-20-11-7-4-8-12-20)24(36)34-14-13-22-28(18-34,15-19-9-5-3-6-10-19)26(38)35(33-22)16-23(29)30/h3-12,21,23H,13-18,31H2,1-2H3,(H,32,37). The van der Waals surface area contributed by atoms with E-state index in [1.54, 1.807) is 24.3 Å². The number of hydrazone groups is 1. The predicted molar refractivity (Wildman–Crippen MR) is 141 cm³/mol. The molecule has 208 valence electrons. The Hall–Kier alpha value is -3.86. The van der Waals surface area contributed by atoms with Gasteiger partial charge in [0.1, 0.15) is 30.4 Å². The van der Waals surface area contributed by atoms with Crippen molar-refractivity contribution < 1.29 is 27.9 Å². The highest BCUT2D eigenvalue weighted by atomic mass is 19.3. The largest absolute Gasteiger partial charge is 0.491 e. The lowest BCUT2D eigenvalue weighted by Crippen LogP contribution is -2.62. The molecule has 2 unspecified atom stereocenters. The van der Waals surface area contributed by atoms with Gasteiger partial charge in [0.05, 0.1) is 11.3 Å². The molecule has 2 aromatic carbocycles. The van der Waals surface area contributed by atoms with Crippen LogP contribution in [-0.2, 0) is 20.8 Å². The minimum absolute atomic E-state index is 0.0676. The number of nitrogens with two attached hydrogens (primary N) is 1. The Morgan fingerprint density at radius 2 is 1.77 bits per heavy atom. The first-order valence-corrected chi connectivity index (χ1v) is 12.8. The van der Waals surface area contributed by atoms with Crippen molar-refractivity contribution in [3.63, 3.8) is 0 Å². The van der Waals surface area contributed by atoms with Crippen LogP contribution in [0.2, 0.25) is 0 Å². The predicted octanol–water partition coefficient (Wildman–Crippen LogP) is 2.21. The van der Waals surface area contributed by atoms with Gasteiger partial charge in [0.25, 0.3) is 12.3 Å². The van der Waals surface area contributed by atoms with Gasteiger partial charge >= 0.3 is 0 Å². The van der Waals surface area contributed by atoms with Crippen molar-refractivity contribution in [2.24, 2.45) is 16.3 Å². The number of amides is 3. The van der Waals surface area contributed by atoms with Crippen LogP contribution in [0.15, 0.2) is 65.8 Å². The normalized spacial score (nSPS) is 19.9. The zero-order valence-corrected chi connectivity index (χ0v) is 22.0. The summed E-state index contributed by atoms with van der Waals surface area (Å²) >= 11 is 0. The van der Waals surface area contributed by atoms with Gasteiger partial charge in [0, 0.05) is 19.5 Å². The van der Waals surface area contributed by atoms with Crippen molar-refractivity contribution in [1.29, 1.82) is 0 Å². The van der Waals surface area contributed by atoms with Crippen LogP contribution in [0, 0.1) is 5.41 Å². The van der Waals surface area contributed by atoms with Gasteiger partial charge in [0.2, 0.25) is 11.8 Å². The minimum Gasteiger partial charge on any atom is -0.491 e. The molecule has 3 N–H and O–H groups in total. The maximum absolute atomic E-state index is 13.8. The Morgan fingerprint density at radius 3 is 2.38 bits per heavy atom. The van der Waals surface area contributed by atoms with E-state index < -0.39 is 47.7 Å². The molecule has 2 aliphatic rings. The third-order valence-corrected chi connectivity index (χ3v) is 6.84. The molecule has 11 heteroatoms. The van der Waals surface area contributed by atoms with E-state index in [1.165, 1.54) is 18.7 Å². The minimum atomic E-state index is -2.75. The Kier molecular flexibility index (Phi) is 8.29. The molecule has 2 aromatic rings.